The molecule has 0 aromatic heterocycles. The highest BCUT2D eigenvalue weighted by molar-refractivity contribution is 6.00. The number of nitrogens with two attached hydrogens (primary N) is 1. The van der Waals surface area contributed by atoms with Crippen molar-refractivity contribution in [2.45, 2.75) is 6.92 Å². The molecule has 0 atom stereocenters. The average Bonchev–Trinajstić information content (AvgIpc) is 2.48. The van der Waals surface area contributed by atoms with Crippen molar-refractivity contribution >= 4 is 22.8 Å². The minimum Gasteiger partial charge on any atom is -0.497 e. The van der Waals surface area contributed by atoms with Crippen LogP contribution in [0.25, 0.3) is 0 Å². The van der Waals surface area contributed by atoms with Crippen molar-refractivity contribution < 1.29 is 14.3 Å². The molecule has 5 heteroatoms. The van der Waals surface area contributed by atoms with Crippen LogP contribution in [0.15, 0.2) is 36.4 Å². The lowest BCUT2D eigenvalue weighted by atomic mass is 10.1. The van der Waals surface area contributed by atoms with Crippen molar-refractivity contribution in [3.05, 3.63) is 42.0 Å². The van der Waals surface area contributed by atoms with Gasteiger partial charge in [0.05, 0.1) is 14.2 Å². The van der Waals surface area contributed by atoms with E-state index in [0.717, 1.165) is 11.4 Å². The number of nitrogen functional groups attached to an aromatic ring is 1. The molecule has 0 fully saturated rings. The van der Waals surface area contributed by atoms with Gasteiger partial charge in [-0.15, -0.1) is 0 Å². The summed E-state index contributed by atoms with van der Waals surface area (Å²) in [5.41, 5.74) is 8.32. The Labute approximate surface area is 123 Å². The molecule has 0 heterocycles. The molecule has 21 heavy (non-hydrogen) atoms. The molecule has 0 saturated carbocycles. The van der Waals surface area contributed by atoms with E-state index in [9.17, 15) is 4.79 Å². The van der Waals surface area contributed by atoms with Crippen LogP contribution in [0.3, 0.4) is 0 Å². The van der Waals surface area contributed by atoms with Crippen LogP contribution in [-0.4, -0.2) is 20.0 Å². The van der Waals surface area contributed by atoms with Crippen molar-refractivity contribution in [2.75, 3.05) is 25.3 Å². The number of hydrogen-bond acceptors (Lipinski definition) is 5. The molecule has 3 N–H and O–H groups in total. The average molecular weight is 286 g/mol. The number of carbonyl (C=O) groups is 1. The number of nitrogens with one attached hydrogen (secondary N) is 1. The normalized spacial score (nSPS) is 10.0. The Balaban J connectivity index is 2.33. The van der Waals surface area contributed by atoms with E-state index in [0.29, 0.717) is 22.7 Å². The summed E-state index contributed by atoms with van der Waals surface area (Å²) in [5, 5.41) is 3.21. The summed E-state index contributed by atoms with van der Waals surface area (Å²) in [6.07, 6.45) is 0. The first-order valence-electron chi connectivity index (χ1n) is 6.44. The number of rotatable bonds is 5. The lowest BCUT2D eigenvalue weighted by Crippen LogP contribution is -2.01. The van der Waals surface area contributed by atoms with Gasteiger partial charge in [0.15, 0.2) is 5.78 Å². The van der Waals surface area contributed by atoms with Gasteiger partial charge in [-0.05, 0) is 25.1 Å². The van der Waals surface area contributed by atoms with E-state index in [1.165, 1.54) is 6.92 Å². The number of Topliss-reactive ketones (excluding diaryl/α,β-unsaturated/α-hetero) is 1. The van der Waals surface area contributed by atoms with E-state index in [1.54, 1.807) is 32.4 Å². The third-order valence-corrected chi connectivity index (χ3v) is 3.07. The summed E-state index contributed by atoms with van der Waals surface area (Å²) >= 11 is 0. The Bertz CT molecular complexity index is 646. The molecule has 0 radical (unpaired) electrons. The summed E-state index contributed by atoms with van der Waals surface area (Å²) in [5.74, 6) is 1.29. The minimum atomic E-state index is -0.0700. The molecule has 0 unspecified atom stereocenters. The van der Waals surface area contributed by atoms with E-state index < -0.39 is 0 Å². The maximum atomic E-state index is 11.5. The molecule has 2 aromatic carbocycles. The van der Waals surface area contributed by atoms with Crippen LogP contribution in [0.5, 0.6) is 11.5 Å². The summed E-state index contributed by atoms with van der Waals surface area (Å²) in [6, 6.07) is 10.7. The fraction of sp³-hybridized carbons (Fsp3) is 0.188. The van der Waals surface area contributed by atoms with Crippen molar-refractivity contribution in [3.63, 3.8) is 0 Å². The maximum Gasteiger partial charge on any atom is 0.161 e. The number of ether oxygens (including phenoxy) is 2. The standard InChI is InChI=1S/C16H18N2O3/c1-10(19)15-8-11(4-5-16(15)17)18-12-6-13(20-2)9-14(7-12)21-3/h4-9,18H,17H2,1-3H3. The fourth-order valence-corrected chi connectivity index (χ4v) is 1.99. The Morgan fingerprint density at radius 1 is 1.00 bits per heavy atom. The SMILES string of the molecule is COc1cc(Nc2ccc(N)c(C(C)=O)c2)cc(OC)c1. The highest BCUT2D eigenvalue weighted by atomic mass is 16.5. The van der Waals surface area contributed by atoms with Crippen LogP contribution in [0.2, 0.25) is 0 Å². The quantitative estimate of drug-likeness (QED) is 0.652. The lowest BCUT2D eigenvalue weighted by molar-refractivity contribution is 0.101. The van der Waals surface area contributed by atoms with Gasteiger partial charge in [-0.25, -0.2) is 0 Å². The Kier molecular flexibility index (Phi) is 4.33. The van der Waals surface area contributed by atoms with Crippen LogP contribution in [-0.2, 0) is 0 Å². The van der Waals surface area contributed by atoms with E-state index in [1.807, 2.05) is 18.2 Å². The van der Waals surface area contributed by atoms with Crippen molar-refractivity contribution in [1.82, 2.24) is 0 Å². The second kappa shape index (κ2) is 6.17. The van der Waals surface area contributed by atoms with Gasteiger partial charge in [-0.1, -0.05) is 0 Å². The molecule has 0 amide bonds. The second-order valence-electron chi connectivity index (χ2n) is 4.58. The van der Waals surface area contributed by atoms with Gasteiger partial charge < -0.3 is 20.5 Å². The number of hydrogen-bond donors (Lipinski definition) is 2. The summed E-state index contributed by atoms with van der Waals surface area (Å²) in [6.45, 7) is 1.49. The van der Waals surface area contributed by atoms with E-state index >= 15 is 0 Å². The summed E-state index contributed by atoms with van der Waals surface area (Å²) in [4.78, 5) is 11.5. The molecule has 0 bridgehead atoms. The Morgan fingerprint density at radius 3 is 2.14 bits per heavy atom. The molecule has 0 saturated heterocycles. The largest absolute Gasteiger partial charge is 0.497 e. The third kappa shape index (κ3) is 3.45. The molecular formula is C16H18N2O3. The van der Waals surface area contributed by atoms with E-state index in [2.05, 4.69) is 5.32 Å². The maximum absolute atomic E-state index is 11.5. The van der Waals surface area contributed by atoms with Gasteiger partial charge in [0.1, 0.15) is 11.5 Å². The Morgan fingerprint density at radius 2 is 1.62 bits per heavy atom. The predicted molar refractivity (Wildman–Crippen MR) is 83.7 cm³/mol. The topological polar surface area (TPSA) is 73.6 Å². The van der Waals surface area contributed by atoms with Gasteiger partial charge in [0.25, 0.3) is 0 Å². The van der Waals surface area contributed by atoms with Gasteiger partial charge >= 0.3 is 0 Å². The van der Waals surface area contributed by atoms with Crippen LogP contribution >= 0.6 is 0 Å². The van der Waals surface area contributed by atoms with Crippen LogP contribution < -0.4 is 20.5 Å². The van der Waals surface area contributed by atoms with Crippen molar-refractivity contribution in [2.24, 2.45) is 0 Å². The van der Waals surface area contributed by atoms with Crippen LogP contribution in [0.1, 0.15) is 17.3 Å². The molecule has 110 valence electrons. The molecule has 2 rings (SSSR count). The molecule has 0 aliphatic heterocycles. The fourth-order valence-electron chi connectivity index (χ4n) is 1.99. The van der Waals surface area contributed by atoms with Crippen LogP contribution in [0, 0.1) is 0 Å². The zero-order chi connectivity index (χ0) is 15.4. The lowest BCUT2D eigenvalue weighted by Gasteiger charge is -2.12. The van der Waals surface area contributed by atoms with Gasteiger partial charge in [0.2, 0.25) is 0 Å². The molecular weight excluding hydrogens is 268 g/mol. The first-order chi connectivity index (χ1) is 10.0. The number of anilines is 3. The molecule has 0 spiro atoms. The Hall–Kier alpha value is -2.69. The van der Waals surface area contributed by atoms with Crippen molar-refractivity contribution in [3.8, 4) is 11.5 Å². The van der Waals surface area contributed by atoms with E-state index in [4.69, 9.17) is 15.2 Å². The smallest absolute Gasteiger partial charge is 0.161 e. The highest BCUT2D eigenvalue weighted by Gasteiger charge is 2.07. The number of ketones is 1. The molecule has 0 aliphatic carbocycles. The van der Waals surface area contributed by atoms with Crippen LogP contribution in [0.4, 0.5) is 17.1 Å². The van der Waals surface area contributed by atoms with Crippen molar-refractivity contribution in [1.29, 1.82) is 0 Å². The molecule has 2 aromatic rings. The zero-order valence-corrected chi connectivity index (χ0v) is 12.3. The van der Waals surface area contributed by atoms with E-state index in [-0.39, 0.29) is 5.78 Å². The summed E-state index contributed by atoms with van der Waals surface area (Å²) < 4.78 is 10.4. The number of methoxy groups -OCH3 is 2. The predicted octanol–water partition coefficient (Wildman–Crippen LogP) is 3.23. The monoisotopic (exact) mass is 286 g/mol. The van der Waals surface area contributed by atoms with Gasteiger partial charge in [0, 0.05) is 40.8 Å². The van der Waals surface area contributed by atoms with Gasteiger partial charge in [-0.2, -0.15) is 0 Å². The first-order valence-corrected chi connectivity index (χ1v) is 6.44. The summed E-state index contributed by atoms with van der Waals surface area (Å²) in [7, 11) is 3.19. The van der Waals surface area contributed by atoms with Gasteiger partial charge in [-0.3, -0.25) is 4.79 Å². The minimum absolute atomic E-state index is 0.0700. The second-order valence-corrected chi connectivity index (χ2v) is 4.58. The zero-order valence-electron chi connectivity index (χ0n) is 12.3. The molecule has 0 aliphatic rings. The third-order valence-electron chi connectivity index (χ3n) is 3.07. The first kappa shape index (κ1) is 14.7. The number of benzene rings is 2. The molecule has 5 nitrogen and oxygen atoms in total. The highest BCUT2D eigenvalue weighted by Crippen LogP contribution is 2.29. The number of carbonyl (C=O) groups excluding carboxylic acids is 1.